The van der Waals surface area contributed by atoms with E-state index >= 15 is 0 Å². The number of anilines is 1. The van der Waals surface area contributed by atoms with Crippen LogP contribution in [0.15, 0.2) is 30.3 Å². The summed E-state index contributed by atoms with van der Waals surface area (Å²) >= 11 is 1.49. The van der Waals surface area contributed by atoms with Crippen LogP contribution in [0.4, 0.5) is 5.69 Å². The Labute approximate surface area is 162 Å². The summed E-state index contributed by atoms with van der Waals surface area (Å²) in [5.74, 6) is -0.791. The lowest BCUT2D eigenvalue weighted by Crippen LogP contribution is -2.14. The second-order valence-corrected chi connectivity index (χ2v) is 7.73. The summed E-state index contributed by atoms with van der Waals surface area (Å²) in [7, 11) is 0. The molecule has 6 heteroatoms. The molecule has 0 radical (unpaired) electrons. The van der Waals surface area contributed by atoms with E-state index in [2.05, 4.69) is 5.32 Å². The topological polar surface area (TPSA) is 72.5 Å². The highest BCUT2D eigenvalue weighted by molar-refractivity contribution is 7.14. The van der Waals surface area contributed by atoms with Crippen molar-refractivity contribution < 1.29 is 19.1 Å². The first kappa shape index (κ1) is 19.3. The monoisotopic (exact) mass is 385 g/mol. The molecule has 1 aromatic carbocycles. The normalized spacial score (nSPS) is 13.4. The predicted octanol–water partition coefficient (Wildman–Crippen LogP) is 4.41. The van der Waals surface area contributed by atoms with Gasteiger partial charge in [0.05, 0.1) is 0 Å². The Morgan fingerprint density at radius 1 is 1.07 bits per heavy atom. The van der Waals surface area contributed by atoms with Crippen molar-refractivity contribution in [1.82, 2.24) is 0 Å². The van der Waals surface area contributed by atoms with Gasteiger partial charge in [-0.05, 0) is 61.6 Å². The van der Waals surface area contributed by atoms with Crippen molar-refractivity contribution in [3.63, 3.8) is 0 Å². The van der Waals surface area contributed by atoms with Gasteiger partial charge in [-0.15, -0.1) is 11.3 Å². The number of carbonyl (C=O) groups is 3. The summed E-state index contributed by atoms with van der Waals surface area (Å²) in [4.78, 5) is 37.7. The van der Waals surface area contributed by atoms with E-state index in [1.165, 1.54) is 28.2 Å². The quantitative estimate of drug-likeness (QED) is 0.454. The van der Waals surface area contributed by atoms with Crippen molar-refractivity contribution in [3.8, 4) is 0 Å². The second kappa shape index (κ2) is 8.95. The van der Waals surface area contributed by atoms with E-state index in [0.717, 1.165) is 25.7 Å². The lowest BCUT2D eigenvalue weighted by molar-refractivity contribution is -0.115. The van der Waals surface area contributed by atoms with Crippen molar-refractivity contribution in [2.24, 2.45) is 0 Å². The van der Waals surface area contributed by atoms with Crippen LogP contribution in [0.5, 0.6) is 0 Å². The molecule has 27 heavy (non-hydrogen) atoms. The largest absolute Gasteiger partial charge is 0.453 e. The van der Waals surface area contributed by atoms with E-state index < -0.39 is 5.97 Å². The Hall–Kier alpha value is -2.47. The van der Waals surface area contributed by atoms with Gasteiger partial charge in [-0.3, -0.25) is 9.59 Å². The minimum absolute atomic E-state index is 0.0858. The molecule has 2 aromatic rings. The number of Topliss-reactive ketones (excluding diaryl/α,β-unsaturated/α-hetero) is 1. The minimum atomic E-state index is -0.437. The van der Waals surface area contributed by atoms with Crippen LogP contribution in [-0.4, -0.2) is 24.3 Å². The summed E-state index contributed by atoms with van der Waals surface area (Å²) < 4.78 is 5.22. The van der Waals surface area contributed by atoms with Crippen LogP contribution in [0.25, 0.3) is 0 Å². The molecule has 0 saturated carbocycles. The molecule has 0 bridgehead atoms. The van der Waals surface area contributed by atoms with Gasteiger partial charge in [0.25, 0.3) is 0 Å². The van der Waals surface area contributed by atoms with Gasteiger partial charge in [0.1, 0.15) is 4.88 Å². The molecule has 1 aromatic heterocycles. The Morgan fingerprint density at radius 2 is 1.81 bits per heavy atom. The van der Waals surface area contributed by atoms with Crippen molar-refractivity contribution in [3.05, 3.63) is 51.2 Å². The molecule has 142 valence electrons. The highest BCUT2D eigenvalue weighted by Gasteiger charge is 2.18. The molecular formula is C21H23NO4S. The number of rotatable bonds is 6. The smallest absolute Gasteiger partial charge is 0.348 e. The zero-order valence-electron chi connectivity index (χ0n) is 15.4. The third kappa shape index (κ3) is 5.04. The summed E-state index contributed by atoms with van der Waals surface area (Å²) in [5.41, 5.74) is 2.33. The number of carbonyl (C=O) groups excluding carboxylic acids is 3. The van der Waals surface area contributed by atoms with Gasteiger partial charge in [0, 0.05) is 22.5 Å². The van der Waals surface area contributed by atoms with E-state index in [-0.39, 0.29) is 18.3 Å². The van der Waals surface area contributed by atoms with Crippen LogP contribution < -0.4 is 5.32 Å². The summed E-state index contributed by atoms with van der Waals surface area (Å²) in [6.45, 7) is 1.48. The fourth-order valence-corrected chi connectivity index (χ4v) is 4.19. The number of hydrogen-bond acceptors (Lipinski definition) is 5. The van der Waals surface area contributed by atoms with Gasteiger partial charge in [-0.2, -0.15) is 0 Å². The predicted molar refractivity (Wildman–Crippen MR) is 106 cm³/mol. The molecule has 0 aliphatic heterocycles. The second-order valence-electron chi connectivity index (χ2n) is 6.60. The van der Waals surface area contributed by atoms with Crippen LogP contribution in [0.3, 0.4) is 0 Å². The third-order valence-electron chi connectivity index (χ3n) is 4.59. The number of thiophene rings is 1. The SMILES string of the molecule is CCC(=O)Nc1ccc(C(=O)COC(=O)c2cc3c(s2)CCCCC3)cc1. The lowest BCUT2D eigenvalue weighted by atomic mass is 10.1. The first-order valence-electron chi connectivity index (χ1n) is 9.28. The first-order valence-corrected chi connectivity index (χ1v) is 10.1. The lowest BCUT2D eigenvalue weighted by Gasteiger charge is -2.06. The van der Waals surface area contributed by atoms with Crippen molar-refractivity contribution in [1.29, 1.82) is 0 Å². The number of benzene rings is 1. The summed E-state index contributed by atoms with van der Waals surface area (Å²) in [6, 6.07) is 8.49. The van der Waals surface area contributed by atoms with Crippen LogP contribution >= 0.6 is 11.3 Å². The Morgan fingerprint density at radius 3 is 2.56 bits per heavy atom. The zero-order chi connectivity index (χ0) is 19.2. The molecule has 3 rings (SSSR count). The van der Waals surface area contributed by atoms with E-state index in [1.54, 1.807) is 31.2 Å². The minimum Gasteiger partial charge on any atom is -0.453 e. The molecule has 0 fully saturated rings. The van der Waals surface area contributed by atoms with Crippen LogP contribution in [0.2, 0.25) is 0 Å². The number of esters is 1. The third-order valence-corrected chi connectivity index (χ3v) is 5.81. The fourth-order valence-electron chi connectivity index (χ4n) is 3.04. The highest BCUT2D eigenvalue weighted by Crippen LogP contribution is 2.29. The molecule has 0 atom stereocenters. The number of nitrogens with one attached hydrogen (secondary N) is 1. The van der Waals surface area contributed by atoms with Gasteiger partial charge < -0.3 is 10.1 Å². The highest BCUT2D eigenvalue weighted by atomic mass is 32.1. The number of fused-ring (bicyclic) bond motifs is 1. The van der Waals surface area contributed by atoms with Crippen LogP contribution in [-0.2, 0) is 22.4 Å². The number of aryl methyl sites for hydroxylation is 2. The van der Waals surface area contributed by atoms with Gasteiger partial charge in [0.2, 0.25) is 5.91 Å². The maximum atomic E-state index is 12.3. The number of ether oxygens (including phenoxy) is 1. The number of hydrogen-bond donors (Lipinski definition) is 1. The zero-order valence-corrected chi connectivity index (χ0v) is 16.2. The van der Waals surface area contributed by atoms with Gasteiger partial charge >= 0.3 is 5.97 Å². The molecule has 0 unspecified atom stereocenters. The standard InChI is InChI=1S/C21H23NO4S/c1-2-20(24)22-16-10-8-14(9-11-16)17(23)13-26-21(25)19-12-15-6-4-3-5-7-18(15)27-19/h8-12H,2-7,13H2,1H3,(H,22,24). The first-order chi connectivity index (χ1) is 13.1. The van der Waals surface area contributed by atoms with E-state index in [0.29, 0.717) is 22.5 Å². The van der Waals surface area contributed by atoms with Crippen LogP contribution in [0, 0.1) is 0 Å². The fraction of sp³-hybridized carbons (Fsp3) is 0.381. The van der Waals surface area contributed by atoms with E-state index in [4.69, 9.17) is 4.74 Å². The maximum absolute atomic E-state index is 12.3. The van der Waals surface area contributed by atoms with Gasteiger partial charge in [-0.1, -0.05) is 13.3 Å². The maximum Gasteiger partial charge on any atom is 0.348 e. The average Bonchev–Trinajstić information content (AvgIpc) is 2.97. The molecule has 1 N–H and O–H groups in total. The number of amides is 1. The molecule has 0 saturated heterocycles. The van der Waals surface area contributed by atoms with E-state index in [9.17, 15) is 14.4 Å². The molecule has 0 spiro atoms. The molecular weight excluding hydrogens is 362 g/mol. The molecule has 1 heterocycles. The van der Waals surface area contributed by atoms with Crippen molar-refractivity contribution >= 4 is 34.7 Å². The van der Waals surface area contributed by atoms with Crippen molar-refractivity contribution in [2.75, 3.05) is 11.9 Å². The summed E-state index contributed by atoms with van der Waals surface area (Å²) in [6.07, 6.45) is 5.98. The van der Waals surface area contributed by atoms with Gasteiger partial charge in [0.15, 0.2) is 12.4 Å². The Balaban J connectivity index is 1.55. The van der Waals surface area contributed by atoms with Gasteiger partial charge in [-0.25, -0.2) is 4.79 Å². The van der Waals surface area contributed by atoms with Crippen LogP contribution in [0.1, 0.15) is 63.1 Å². The molecule has 5 nitrogen and oxygen atoms in total. The summed E-state index contributed by atoms with van der Waals surface area (Å²) in [5, 5.41) is 2.72. The van der Waals surface area contributed by atoms with Crippen molar-refractivity contribution in [2.45, 2.75) is 45.4 Å². The Bertz CT molecular complexity index is 815. The van der Waals surface area contributed by atoms with E-state index in [1.807, 2.05) is 6.07 Å². The average molecular weight is 385 g/mol. The Kier molecular flexibility index (Phi) is 6.40. The number of ketones is 1. The molecule has 1 aliphatic carbocycles. The molecule has 1 amide bonds. The molecule has 1 aliphatic rings.